The average molecular weight is 318 g/mol. The van der Waals surface area contributed by atoms with E-state index in [9.17, 15) is 5.26 Å². The quantitative estimate of drug-likeness (QED) is 0.683. The summed E-state index contributed by atoms with van der Waals surface area (Å²) in [7, 11) is 0. The minimum Gasteiger partial charge on any atom is -0.197 e. The van der Waals surface area contributed by atoms with Gasteiger partial charge in [0.05, 0.1) is 11.5 Å². The van der Waals surface area contributed by atoms with E-state index in [-0.39, 0.29) is 0 Å². The molecular weight excluding hydrogens is 301 g/mol. The molecule has 2 rings (SSSR count). The van der Waals surface area contributed by atoms with Gasteiger partial charge in [-0.25, -0.2) is 0 Å². The summed E-state index contributed by atoms with van der Waals surface area (Å²) in [6.45, 7) is 2.03. The van der Waals surface area contributed by atoms with E-state index in [4.69, 9.17) is 23.2 Å². The second kappa shape index (κ2) is 6.98. The van der Waals surface area contributed by atoms with Crippen molar-refractivity contribution in [2.24, 2.45) is 0 Å². The van der Waals surface area contributed by atoms with Crippen LogP contribution in [0, 0.1) is 11.3 Å². The number of hydrogen-bond donors (Lipinski definition) is 0. The molecule has 0 aliphatic heterocycles. The highest BCUT2D eigenvalue weighted by Crippen LogP contribution is 2.37. The van der Waals surface area contributed by atoms with Crippen molar-refractivity contribution < 1.29 is 0 Å². The van der Waals surface area contributed by atoms with E-state index in [1.54, 1.807) is 12.1 Å². The van der Waals surface area contributed by atoms with Crippen LogP contribution >= 0.6 is 23.2 Å². The van der Waals surface area contributed by atoms with Crippen LogP contribution in [0.5, 0.6) is 0 Å². The summed E-state index contributed by atoms with van der Waals surface area (Å²) in [5.41, 5.74) is 1.53. The van der Waals surface area contributed by atoms with E-state index in [1.165, 1.54) is 5.56 Å². The third-order valence-electron chi connectivity index (χ3n) is 3.95. The third kappa shape index (κ3) is 3.59. The minimum absolute atomic E-state index is 0.568. The molecular formula is C18H17Cl2N. The maximum absolute atomic E-state index is 9.76. The lowest BCUT2D eigenvalue weighted by Gasteiger charge is -2.27. The highest BCUT2D eigenvalue weighted by atomic mass is 35.5. The lowest BCUT2D eigenvalue weighted by atomic mass is 9.75. The van der Waals surface area contributed by atoms with Crippen LogP contribution in [-0.2, 0) is 11.8 Å². The molecule has 1 atom stereocenters. The lowest BCUT2D eigenvalue weighted by molar-refractivity contribution is 0.486. The van der Waals surface area contributed by atoms with E-state index in [1.807, 2.05) is 31.2 Å². The molecule has 0 fully saturated rings. The summed E-state index contributed by atoms with van der Waals surface area (Å²) in [4.78, 5) is 0. The molecule has 1 unspecified atom stereocenters. The Balaban J connectivity index is 2.30. The van der Waals surface area contributed by atoms with Crippen molar-refractivity contribution in [2.45, 2.75) is 31.6 Å². The molecule has 21 heavy (non-hydrogen) atoms. The first-order valence-electron chi connectivity index (χ1n) is 7.02. The van der Waals surface area contributed by atoms with Crippen molar-refractivity contribution in [1.82, 2.24) is 0 Å². The molecule has 0 N–H and O–H groups in total. The molecule has 0 aliphatic carbocycles. The van der Waals surface area contributed by atoms with Gasteiger partial charge in [0, 0.05) is 10.0 Å². The number of aryl methyl sites for hydroxylation is 1. The summed E-state index contributed by atoms with van der Waals surface area (Å²) in [6.07, 6.45) is 2.31. The van der Waals surface area contributed by atoms with Gasteiger partial charge in [0.15, 0.2) is 0 Å². The summed E-state index contributed by atoms with van der Waals surface area (Å²) in [6, 6.07) is 18.1. The first-order valence-corrected chi connectivity index (χ1v) is 7.77. The molecule has 0 aliphatic rings. The summed E-state index contributed by atoms with van der Waals surface area (Å²) in [5.74, 6) is 0. The Morgan fingerprint density at radius 3 is 2.38 bits per heavy atom. The second-order valence-electron chi connectivity index (χ2n) is 5.16. The van der Waals surface area contributed by atoms with E-state index >= 15 is 0 Å². The molecule has 108 valence electrons. The number of halogens is 2. The van der Waals surface area contributed by atoms with Crippen molar-refractivity contribution >= 4 is 23.2 Å². The summed E-state index contributed by atoms with van der Waals surface area (Å²) in [5, 5.41) is 10.9. The molecule has 2 aromatic carbocycles. The fourth-order valence-electron chi connectivity index (χ4n) is 2.58. The SMILES string of the molecule is CCC(C#N)(CCc1ccccc1)c1ccc(Cl)cc1Cl. The van der Waals surface area contributed by atoms with Crippen molar-refractivity contribution in [1.29, 1.82) is 5.26 Å². The van der Waals surface area contributed by atoms with Crippen molar-refractivity contribution in [3.05, 3.63) is 69.7 Å². The molecule has 0 heterocycles. The van der Waals surface area contributed by atoms with Crippen LogP contribution in [0.3, 0.4) is 0 Å². The zero-order chi connectivity index (χ0) is 15.3. The molecule has 1 nitrogen and oxygen atoms in total. The fraction of sp³-hybridized carbons (Fsp3) is 0.278. The minimum atomic E-state index is -0.572. The van der Waals surface area contributed by atoms with Gasteiger partial charge in [-0.05, 0) is 42.5 Å². The highest BCUT2D eigenvalue weighted by molar-refractivity contribution is 6.35. The van der Waals surface area contributed by atoms with Gasteiger partial charge in [-0.15, -0.1) is 0 Å². The van der Waals surface area contributed by atoms with Gasteiger partial charge in [-0.2, -0.15) is 5.26 Å². The van der Waals surface area contributed by atoms with Crippen molar-refractivity contribution in [3.8, 4) is 6.07 Å². The van der Waals surface area contributed by atoms with Crippen LogP contribution < -0.4 is 0 Å². The van der Waals surface area contributed by atoms with Gasteiger partial charge in [0.25, 0.3) is 0 Å². The maximum Gasteiger partial charge on any atom is 0.0837 e. The van der Waals surface area contributed by atoms with Gasteiger partial charge in [0.2, 0.25) is 0 Å². The Labute approximate surface area is 136 Å². The normalized spacial score (nSPS) is 13.4. The third-order valence-corrected chi connectivity index (χ3v) is 4.50. The Kier molecular flexibility index (Phi) is 5.28. The van der Waals surface area contributed by atoms with Crippen LogP contribution in [0.2, 0.25) is 10.0 Å². The number of rotatable bonds is 5. The number of nitrogens with zero attached hydrogens (tertiary/aromatic N) is 1. The molecule has 0 amide bonds. The fourth-order valence-corrected chi connectivity index (χ4v) is 3.17. The van der Waals surface area contributed by atoms with Crippen LogP contribution in [0.4, 0.5) is 0 Å². The van der Waals surface area contributed by atoms with Crippen molar-refractivity contribution in [3.63, 3.8) is 0 Å². The van der Waals surface area contributed by atoms with E-state index < -0.39 is 5.41 Å². The molecule has 0 aromatic heterocycles. The van der Waals surface area contributed by atoms with Gasteiger partial charge in [-0.3, -0.25) is 0 Å². The predicted octanol–water partition coefficient (Wildman–Crippen LogP) is 5.80. The topological polar surface area (TPSA) is 23.8 Å². The zero-order valence-corrected chi connectivity index (χ0v) is 13.5. The van der Waals surface area contributed by atoms with Gasteiger partial charge < -0.3 is 0 Å². The summed E-state index contributed by atoms with van der Waals surface area (Å²) < 4.78 is 0. The largest absolute Gasteiger partial charge is 0.197 e. The van der Waals surface area contributed by atoms with E-state index in [2.05, 4.69) is 18.2 Å². The van der Waals surface area contributed by atoms with E-state index in [0.29, 0.717) is 10.0 Å². The van der Waals surface area contributed by atoms with Crippen LogP contribution in [0.15, 0.2) is 48.5 Å². The second-order valence-corrected chi connectivity index (χ2v) is 6.00. The van der Waals surface area contributed by atoms with Gasteiger partial charge in [0.1, 0.15) is 0 Å². The smallest absolute Gasteiger partial charge is 0.0837 e. The lowest BCUT2D eigenvalue weighted by Crippen LogP contribution is -2.24. The Bertz CT molecular complexity index is 646. The Morgan fingerprint density at radius 2 is 1.81 bits per heavy atom. The summed E-state index contributed by atoms with van der Waals surface area (Å²) >= 11 is 12.3. The predicted molar refractivity (Wildman–Crippen MR) is 88.8 cm³/mol. The van der Waals surface area contributed by atoms with Gasteiger partial charge in [-0.1, -0.05) is 66.5 Å². The average Bonchev–Trinajstić information content (AvgIpc) is 2.51. The molecule has 0 spiro atoms. The van der Waals surface area contributed by atoms with Crippen LogP contribution in [-0.4, -0.2) is 0 Å². The highest BCUT2D eigenvalue weighted by Gasteiger charge is 2.32. The molecule has 0 saturated carbocycles. The number of nitriles is 1. The first-order chi connectivity index (χ1) is 10.1. The molecule has 0 saturated heterocycles. The van der Waals surface area contributed by atoms with Crippen LogP contribution in [0.25, 0.3) is 0 Å². The Morgan fingerprint density at radius 1 is 1.10 bits per heavy atom. The monoisotopic (exact) mass is 317 g/mol. The maximum atomic E-state index is 9.76. The molecule has 0 radical (unpaired) electrons. The molecule has 2 aromatic rings. The molecule has 3 heteroatoms. The Hall–Kier alpha value is -1.49. The number of hydrogen-bond acceptors (Lipinski definition) is 1. The zero-order valence-electron chi connectivity index (χ0n) is 11.9. The van der Waals surface area contributed by atoms with E-state index in [0.717, 1.165) is 24.8 Å². The van der Waals surface area contributed by atoms with Crippen LogP contribution in [0.1, 0.15) is 30.9 Å². The molecule has 0 bridgehead atoms. The standard InChI is InChI=1S/C18H17Cl2N/c1-2-18(13-21,11-10-14-6-4-3-5-7-14)16-9-8-15(19)12-17(16)20/h3-9,12H,2,10-11H2,1H3. The van der Waals surface area contributed by atoms with Gasteiger partial charge >= 0.3 is 0 Å². The first kappa shape index (κ1) is 15.9. The van der Waals surface area contributed by atoms with Crippen molar-refractivity contribution in [2.75, 3.05) is 0 Å². The number of benzene rings is 2.